The van der Waals surface area contributed by atoms with E-state index in [9.17, 15) is 4.79 Å². The third kappa shape index (κ3) is 4.56. The minimum Gasteiger partial charge on any atom is -0.431 e. The molecule has 2 aromatic rings. The summed E-state index contributed by atoms with van der Waals surface area (Å²) < 4.78 is 5.59. The van der Waals surface area contributed by atoms with Crippen LogP contribution < -0.4 is 10.1 Å². The normalized spacial score (nSPS) is 10.6. The fourth-order valence-corrected chi connectivity index (χ4v) is 2.53. The van der Waals surface area contributed by atoms with Crippen LogP contribution in [0.2, 0.25) is 0 Å². The van der Waals surface area contributed by atoms with Gasteiger partial charge in [-0.3, -0.25) is 4.79 Å². The van der Waals surface area contributed by atoms with Crippen LogP contribution in [0.4, 0.5) is 0 Å². The highest BCUT2D eigenvalue weighted by molar-refractivity contribution is 7.11. The Labute approximate surface area is 129 Å². The van der Waals surface area contributed by atoms with Crippen molar-refractivity contribution in [2.45, 2.75) is 33.2 Å². The van der Waals surface area contributed by atoms with E-state index in [-0.39, 0.29) is 11.8 Å². The van der Waals surface area contributed by atoms with Crippen molar-refractivity contribution in [3.8, 4) is 10.9 Å². The van der Waals surface area contributed by atoms with E-state index in [1.54, 1.807) is 6.20 Å². The lowest BCUT2D eigenvalue weighted by atomic mass is 10.0. The van der Waals surface area contributed by atoms with Gasteiger partial charge in [0.1, 0.15) is 5.75 Å². The van der Waals surface area contributed by atoms with Crippen LogP contribution in [0.5, 0.6) is 10.9 Å². The SMILES string of the molecule is CCC(CC)C(=O)NCc1ccc(Oc2nccs2)cc1. The fourth-order valence-electron chi connectivity index (χ4n) is 2.03. The monoisotopic (exact) mass is 304 g/mol. The zero-order valence-corrected chi connectivity index (χ0v) is 13.2. The van der Waals surface area contributed by atoms with Crippen LogP contribution >= 0.6 is 11.3 Å². The first-order chi connectivity index (χ1) is 10.2. The number of hydrogen-bond donors (Lipinski definition) is 1. The maximum absolute atomic E-state index is 11.9. The topological polar surface area (TPSA) is 51.2 Å². The predicted molar refractivity (Wildman–Crippen MR) is 84.5 cm³/mol. The van der Waals surface area contributed by atoms with Crippen molar-refractivity contribution >= 4 is 17.2 Å². The molecule has 0 aliphatic carbocycles. The first-order valence-electron chi connectivity index (χ1n) is 7.17. The highest BCUT2D eigenvalue weighted by atomic mass is 32.1. The highest BCUT2D eigenvalue weighted by Crippen LogP contribution is 2.23. The second kappa shape index (κ2) is 7.78. The number of amides is 1. The van der Waals surface area contributed by atoms with Crippen molar-refractivity contribution in [3.63, 3.8) is 0 Å². The number of rotatable bonds is 7. The second-order valence-corrected chi connectivity index (χ2v) is 5.63. The molecule has 0 spiro atoms. The highest BCUT2D eigenvalue weighted by Gasteiger charge is 2.13. The number of hydrogen-bond acceptors (Lipinski definition) is 4. The van der Waals surface area contributed by atoms with Crippen molar-refractivity contribution < 1.29 is 9.53 Å². The summed E-state index contributed by atoms with van der Waals surface area (Å²) in [7, 11) is 0. The lowest BCUT2D eigenvalue weighted by Crippen LogP contribution is -2.29. The molecular weight excluding hydrogens is 284 g/mol. The van der Waals surface area contributed by atoms with Gasteiger partial charge in [0.15, 0.2) is 0 Å². The molecule has 0 saturated carbocycles. The Morgan fingerprint density at radius 2 is 2.00 bits per heavy atom. The molecule has 1 heterocycles. The van der Waals surface area contributed by atoms with Crippen LogP contribution in [0, 0.1) is 5.92 Å². The number of carbonyl (C=O) groups excluding carboxylic acids is 1. The average Bonchev–Trinajstić information content (AvgIpc) is 3.01. The third-order valence-electron chi connectivity index (χ3n) is 3.36. The molecule has 112 valence electrons. The Balaban J connectivity index is 1.86. The van der Waals surface area contributed by atoms with E-state index in [4.69, 9.17) is 4.74 Å². The van der Waals surface area contributed by atoms with E-state index in [0.717, 1.165) is 24.2 Å². The molecule has 4 nitrogen and oxygen atoms in total. The quantitative estimate of drug-likeness (QED) is 0.841. The average molecular weight is 304 g/mol. The predicted octanol–water partition coefficient (Wildman–Crippen LogP) is 3.99. The Bertz CT molecular complexity index is 548. The molecular formula is C16H20N2O2S. The maximum atomic E-state index is 11.9. The Hall–Kier alpha value is -1.88. The summed E-state index contributed by atoms with van der Waals surface area (Å²) in [5.41, 5.74) is 1.06. The molecule has 0 bridgehead atoms. The van der Waals surface area contributed by atoms with Crippen molar-refractivity contribution in [3.05, 3.63) is 41.4 Å². The van der Waals surface area contributed by atoms with Crippen LogP contribution in [0.1, 0.15) is 32.3 Å². The summed E-state index contributed by atoms with van der Waals surface area (Å²) in [4.78, 5) is 16.0. The molecule has 1 N–H and O–H groups in total. The van der Waals surface area contributed by atoms with E-state index in [0.29, 0.717) is 11.7 Å². The molecule has 1 aromatic carbocycles. The number of nitrogens with zero attached hydrogens (tertiary/aromatic N) is 1. The molecule has 1 amide bonds. The van der Waals surface area contributed by atoms with Crippen LogP contribution in [0.25, 0.3) is 0 Å². The van der Waals surface area contributed by atoms with E-state index in [2.05, 4.69) is 10.3 Å². The van der Waals surface area contributed by atoms with Crippen LogP contribution in [0.15, 0.2) is 35.8 Å². The van der Waals surface area contributed by atoms with E-state index >= 15 is 0 Å². The smallest absolute Gasteiger partial charge is 0.278 e. The van der Waals surface area contributed by atoms with E-state index in [1.165, 1.54) is 11.3 Å². The lowest BCUT2D eigenvalue weighted by Gasteiger charge is -2.12. The van der Waals surface area contributed by atoms with Gasteiger partial charge in [-0.05, 0) is 30.5 Å². The van der Waals surface area contributed by atoms with Crippen molar-refractivity contribution in [2.75, 3.05) is 0 Å². The summed E-state index contributed by atoms with van der Waals surface area (Å²) >= 11 is 1.45. The Kier molecular flexibility index (Phi) is 5.75. The van der Waals surface area contributed by atoms with Gasteiger partial charge in [0, 0.05) is 24.0 Å². The van der Waals surface area contributed by atoms with Gasteiger partial charge in [-0.25, -0.2) is 4.98 Å². The maximum Gasteiger partial charge on any atom is 0.278 e. The molecule has 0 unspecified atom stereocenters. The Morgan fingerprint density at radius 3 is 2.57 bits per heavy atom. The summed E-state index contributed by atoms with van der Waals surface area (Å²) in [6.07, 6.45) is 3.47. The van der Waals surface area contributed by atoms with Gasteiger partial charge in [0.05, 0.1) is 0 Å². The summed E-state index contributed by atoms with van der Waals surface area (Å²) in [6.45, 7) is 4.63. The third-order valence-corrected chi connectivity index (χ3v) is 4.01. The fraction of sp³-hybridized carbons (Fsp3) is 0.375. The minimum absolute atomic E-state index is 0.109. The lowest BCUT2D eigenvalue weighted by molar-refractivity contribution is -0.125. The molecule has 21 heavy (non-hydrogen) atoms. The van der Waals surface area contributed by atoms with E-state index < -0.39 is 0 Å². The zero-order valence-electron chi connectivity index (χ0n) is 12.3. The zero-order chi connectivity index (χ0) is 15.1. The van der Waals surface area contributed by atoms with Crippen LogP contribution in [-0.2, 0) is 11.3 Å². The van der Waals surface area contributed by atoms with Crippen LogP contribution in [-0.4, -0.2) is 10.9 Å². The van der Waals surface area contributed by atoms with E-state index in [1.807, 2.05) is 43.5 Å². The molecule has 5 heteroatoms. The standard InChI is InChI=1S/C16H20N2O2S/c1-3-13(4-2)15(19)18-11-12-5-7-14(8-6-12)20-16-17-9-10-21-16/h5-10,13H,3-4,11H2,1-2H3,(H,18,19). The number of nitrogens with one attached hydrogen (secondary N) is 1. The summed E-state index contributed by atoms with van der Waals surface area (Å²) in [6, 6.07) is 7.69. The first kappa shape index (κ1) is 15.5. The van der Waals surface area contributed by atoms with Gasteiger partial charge in [-0.15, -0.1) is 0 Å². The molecule has 2 rings (SSSR count). The molecule has 0 atom stereocenters. The molecule has 0 saturated heterocycles. The van der Waals surface area contributed by atoms with Gasteiger partial charge >= 0.3 is 0 Å². The van der Waals surface area contributed by atoms with Gasteiger partial charge in [0.2, 0.25) is 5.91 Å². The summed E-state index contributed by atoms with van der Waals surface area (Å²) in [5, 5.41) is 5.48. The summed E-state index contributed by atoms with van der Waals surface area (Å²) in [5.74, 6) is 0.987. The Morgan fingerprint density at radius 1 is 1.29 bits per heavy atom. The van der Waals surface area contributed by atoms with Gasteiger partial charge in [0.25, 0.3) is 5.19 Å². The minimum atomic E-state index is 0.109. The first-order valence-corrected chi connectivity index (χ1v) is 8.04. The van der Waals surface area contributed by atoms with Gasteiger partial charge in [-0.2, -0.15) is 0 Å². The number of ether oxygens (including phenoxy) is 1. The molecule has 1 aromatic heterocycles. The number of benzene rings is 1. The van der Waals surface area contributed by atoms with Crippen LogP contribution in [0.3, 0.4) is 0 Å². The van der Waals surface area contributed by atoms with Crippen molar-refractivity contribution in [1.29, 1.82) is 0 Å². The van der Waals surface area contributed by atoms with Crippen molar-refractivity contribution in [1.82, 2.24) is 10.3 Å². The van der Waals surface area contributed by atoms with Crippen molar-refractivity contribution in [2.24, 2.45) is 5.92 Å². The number of aromatic nitrogens is 1. The largest absolute Gasteiger partial charge is 0.431 e. The molecule has 0 fully saturated rings. The molecule has 0 radical (unpaired) electrons. The number of carbonyl (C=O) groups is 1. The molecule has 0 aliphatic rings. The number of thiazole rings is 1. The molecule has 0 aliphatic heterocycles. The van der Waals surface area contributed by atoms with Gasteiger partial charge < -0.3 is 10.1 Å². The second-order valence-electron chi connectivity index (χ2n) is 4.78. The van der Waals surface area contributed by atoms with Gasteiger partial charge in [-0.1, -0.05) is 37.3 Å².